The normalized spacial score (nSPS) is 22.9. The highest BCUT2D eigenvalue weighted by molar-refractivity contribution is 5.57. The van der Waals surface area contributed by atoms with Gasteiger partial charge in [-0.25, -0.2) is 4.39 Å². The summed E-state index contributed by atoms with van der Waals surface area (Å²) in [5.74, 6) is 2.00. The zero-order valence-electron chi connectivity index (χ0n) is 13.5. The molecule has 0 radical (unpaired) electrons. The number of halogens is 1. The molecule has 1 aliphatic carbocycles. The van der Waals surface area contributed by atoms with Gasteiger partial charge in [0.2, 0.25) is 0 Å². The Morgan fingerprint density at radius 2 is 2.05 bits per heavy atom. The number of benzene rings is 1. The minimum absolute atomic E-state index is 0.246. The molecule has 2 nitrogen and oxygen atoms in total. The summed E-state index contributed by atoms with van der Waals surface area (Å²) in [7, 11) is 0. The van der Waals surface area contributed by atoms with Crippen LogP contribution in [0.5, 0.6) is 5.75 Å². The van der Waals surface area contributed by atoms with Gasteiger partial charge < -0.3 is 10.1 Å². The van der Waals surface area contributed by atoms with Crippen LogP contribution in [0.3, 0.4) is 0 Å². The smallest absolute Gasteiger partial charge is 0.145 e. The molecule has 2 rings (SSSR count). The van der Waals surface area contributed by atoms with E-state index < -0.39 is 0 Å². The summed E-state index contributed by atoms with van der Waals surface area (Å²) in [5, 5.41) is 3.57. The van der Waals surface area contributed by atoms with Gasteiger partial charge in [0.05, 0.1) is 12.3 Å². The average Bonchev–Trinajstić information content (AvgIpc) is 2.68. The second-order valence-corrected chi connectivity index (χ2v) is 6.43. The van der Waals surface area contributed by atoms with Crippen LogP contribution < -0.4 is 10.1 Å². The molecule has 0 heterocycles. The van der Waals surface area contributed by atoms with E-state index in [2.05, 4.69) is 19.2 Å². The molecule has 21 heavy (non-hydrogen) atoms. The van der Waals surface area contributed by atoms with Crippen LogP contribution in [0.1, 0.15) is 52.9 Å². The van der Waals surface area contributed by atoms with Crippen molar-refractivity contribution < 1.29 is 9.13 Å². The van der Waals surface area contributed by atoms with Crippen molar-refractivity contribution >= 4 is 5.69 Å². The molecule has 0 aliphatic heterocycles. The SMILES string of the molecule is CCOc1cc(F)ccc1NC1CCCC(C(C)C)CC1. The van der Waals surface area contributed by atoms with E-state index in [0.29, 0.717) is 18.4 Å². The van der Waals surface area contributed by atoms with Gasteiger partial charge in [-0.2, -0.15) is 0 Å². The van der Waals surface area contributed by atoms with Crippen LogP contribution in [0.4, 0.5) is 10.1 Å². The molecule has 118 valence electrons. The summed E-state index contributed by atoms with van der Waals surface area (Å²) in [5.41, 5.74) is 0.922. The van der Waals surface area contributed by atoms with Crippen LogP contribution in [-0.4, -0.2) is 12.6 Å². The van der Waals surface area contributed by atoms with Gasteiger partial charge >= 0.3 is 0 Å². The second-order valence-electron chi connectivity index (χ2n) is 6.43. The van der Waals surface area contributed by atoms with Gasteiger partial charge in [-0.05, 0) is 50.2 Å². The first kappa shape index (κ1) is 16.1. The van der Waals surface area contributed by atoms with Crippen LogP contribution in [0, 0.1) is 17.7 Å². The predicted octanol–water partition coefficient (Wildman–Crippen LogP) is 5.24. The topological polar surface area (TPSA) is 21.3 Å². The minimum Gasteiger partial charge on any atom is -0.492 e. The summed E-state index contributed by atoms with van der Waals surface area (Å²) in [4.78, 5) is 0. The number of hydrogen-bond donors (Lipinski definition) is 1. The molecule has 1 aromatic carbocycles. The summed E-state index contributed by atoms with van der Waals surface area (Å²) >= 11 is 0. The van der Waals surface area contributed by atoms with Crippen molar-refractivity contribution in [2.45, 2.75) is 58.9 Å². The molecule has 0 saturated heterocycles. The quantitative estimate of drug-likeness (QED) is 0.749. The Kier molecular flexibility index (Phi) is 5.89. The minimum atomic E-state index is -0.246. The van der Waals surface area contributed by atoms with Crippen molar-refractivity contribution in [2.24, 2.45) is 11.8 Å². The molecular weight excluding hydrogens is 265 g/mol. The summed E-state index contributed by atoms with van der Waals surface area (Å²) < 4.78 is 18.9. The first-order valence-electron chi connectivity index (χ1n) is 8.29. The highest BCUT2D eigenvalue weighted by atomic mass is 19.1. The molecule has 1 saturated carbocycles. The molecule has 1 aliphatic rings. The highest BCUT2D eigenvalue weighted by Gasteiger charge is 2.21. The summed E-state index contributed by atoms with van der Waals surface area (Å²) in [6.45, 7) is 7.13. The predicted molar refractivity (Wildman–Crippen MR) is 86.4 cm³/mol. The lowest BCUT2D eigenvalue weighted by atomic mass is 9.89. The van der Waals surface area contributed by atoms with Crippen LogP contribution in [-0.2, 0) is 0 Å². The van der Waals surface area contributed by atoms with E-state index in [1.165, 1.54) is 44.2 Å². The molecule has 0 amide bonds. The van der Waals surface area contributed by atoms with Gasteiger partial charge in [0, 0.05) is 12.1 Å². The molecule has 0 bridgehead atoms. The number of rotatable bonds is 5. The first-order chi connectivity index (χ1) is 10.1. The number of ether oxygens (including phenoxy) is 1. The average molecular weight is 293 g/mol. The van der Waals surface area contributed by atoms with Crippen molar-refractivity contribution in [1.82, 2.24) is 0 Å². The largest absolute Gasteiger partial charge is 0.492 e. The Morgan fingerprint density at radius 1 is 1.24 bits per heavy atom. The Balaban J connectivity index is 2.01. The van der Waals surface area contributed by atoms with Crippen molar-refractivity contribution in [1.29, 1.82) is 0 Å². The van der Waals surface area contributed by atoms with Crippen molar-refractivity contribution in [3.8, 4) is 5.75 Å². The number of hydrogen-bond acceptors (Lipinski definition) is 2. The molecule has 0 aromatic heterocycles. The Labute approximate surface area is 128 Å². The van der Waals surface area contributed by atoms with Gasteiger partial charge in [-0.15, -0.1) is 0 Å². The van der Waals surface area contributed by atoms with Crippen molar-refractivity contribution in [3.05, 3.63) is 24.0 Å². The van der Waals surface area contributed by atoms with Gasteiger partial charge in [-0.1, -0.05) is 26.7 Å². The number of nitrogens with one attached hydrogen (secondary N) is 1. The fourth-order valence-electron chi connectivity index (χ4n) is 3.25. The van der Waals surface area contributed by atoms with E-state index in [9.17, 15) is 4.39 Å². The molecule has 1 N–H and O–H groups in total. The number of anilines is 1. The van der Waals surface area contributed by atoms with E-state index in [0.717, 1.165) is 17.5 Å². The van der Waals surface area contributed by atoms with Crippen LogP contribution in [0.2, 0.25) is 0 Å². The third kappa shape index (κ3) is 4.62. The maximum atomic E-state index is 13.3. The van der Waals surface area contributed by atoms with Crippen LogP contribution in [0.15, 0.2) is 18.2 Å². The molecule has 3 heteroatoms. The summed E-state index contributed by atoms with van der Waals surface area (Å²) in [6, 6.07) is 5.24. The van der Waals surface area contributed by atoms with Crippen molar-refractivity contribution in [2.75, 3.05) is 11.9 Å². The van der Waals surface area contributed by atoms with Crippen molar-refractivity contribution in [3.63, 3.8) is 0 Å². The van der Waals surface area contributed by atoms with E-state index in [1.807, 2.05) is 6.92 Å². The van der Waals surface area contributed by atoms with E-state index in [4.69, 9.17) is 4.74 Å². The fourth-order valence-corrected chi connectivity index (χ4v) is 3.25. The standard InChI is InChI=1S/C18H28FNO/c1-4-21-18-12-15(19)9-11-17(18)20-16-7-5-6-14(8-10-16)13(2)3/h9,11-14,16,20H,4-8,10H2,1-3H3. The third-order valence-corrected chi connectivity index (χ3v) is 4.56. The molecule has 1 fully saturated rings. The Hall–Kier alpha value is -1.25. The summed E-state index contributed by atoms with van der Waals surface area (Å²) in [6.07, 6.45) is 6.25. The third-order valence-electron chi connectivity index (χ3n) is 4.56. The molecule has 2 unspecified atom stereocenters. The lowest BCUT2D eigenvalue weighted by Crippen LogP contribution is -2.19. The zero-order valence-corrected chi connectivity index (χ0v) is 13.5. The van der Waals surface area contributed by atoms with Gasteiger partial charge in [0.25, 0.3) is 0 Å². The molecule has 1 aromatic rings. The molecular formula is C18H28FNO. The van der Waals surface area contributed by atoms with E-state index in [1.54, 1.807) is 6.07 Å². The molecule has 0 spiro atoms. The van der Waals surface area contributed by atoms with Gasteiger partial charge in [-0.3, -0.25) is 0 Å². The maximum Gasteiger partial charge on any atom is 0.145 e. The van der Waals surface area contributed by atoms with Gasteiger partial charge in [0.1, 0.15) is 11.6 Å². The van der Waals surface area contributed by atoms with Crippen LogP contribution >= 0.6 is 0 Å². The monoisotopic (exact) mass is 293 g/mol. The molecule has 2 atom stereocenters. The lowest BCUT2D eigenvalue weighted by molar-refractivity contribution is 0.338. The zero-order chi connectivity index (χ0) is 15.2. The van der Waals surface area contributed by atoms with Crippen LogP contribution in [0.25, 0.3) is 0 Å². The van der Waals surface area contributed by atoms with E-state index >= 15 is 0 Å². The second kappa shape index (κ2) is 7.67. The Morgan fingerprint density at radius 3 is 2.76 bits per heavy atom. The van der Waals surface area contributed by atoms with Gasteiger partial charge in [0.15, 0.2) is 0 Å². The first-order valence-corrected chi connectivity index (χ1v) is 8.29. The Bertz CT molecular complexity index is 447. The highest BCUT2D eigenvalue weighted by Crippen LogP contribution is 2.32. The lowest BCUT2D eigenvalue weighted by Gasteiger charge is -2.21. The van der Waals surface area contributed by atoms with E-state index in [-0.39, 0.29) is 5.82 Å². The fraction of sp³-hybridized carbons (Fsp3) is 0.667. The maximum absolute atomic E-state index is 13.3.